The van der Waals surface area contributed by atoms with Crippen molar-refractivity contribution in [1.82, 2.24) is 0 Å². The Bertz CT molecular complexity index is 1410. The second kappa shape index (κ2) is 11.3. The first kappa shape index (κ1) is 26.2. The summed E-state index contributed by atoms with van der Waals surface area (Å²) in [4.78, 5) is 12.4. The number of aliphatic hydroxyl groups excluding tert-OH is 1. The molecule has 0 unspecified atom stereocenters. The van der Waals surface area contributed by atoms with Crippen molar-refractivity contribution < 1.29 is 23.1 Å². The first-order chi connectivity index (χ1) is 16.6. The van der Waals surface area contributed by atoms with E-state index in [1.54, 1.807) is 48.5 Å². The number of rotatable bonds is 8. The Hall–Kier alpha value is -3.41. The van der Waals surface area contributed by atoms with Gasteiger partial charge in [-0.25, -0.2) is 8.42 Å². The standard InChI is InChI=1S/C23H20BrClN4O5S/c1-14(30)22(23(31)26-19-6-4-3-5-18(19)25)28-27-17-11-12-20(34-2)21(13-17)35(32,33)29-16-9-7-15(24)8-10-16/h3-13,29-30H,1-2H3,(H,26,31)/b22-14-,28-27?. The number of nitrogens with zero attached hydrogens (tertiary/aromatic N) is 2. The molecule has 0 bridgehead atoms. The predicted octanol–water partition coefficient (Wildman–Crippen LogP) is 6.42. The van der Waals surface area contributed by atoms with E-state index in [2.05, 4.69) is 36.2 Å². The van der Waals surface area contributed by atoms with Crippen LogP contribution in [0.1, 0.15) is 6.92 Å². The summed E-state index contributed by atoms with van der Waals surface area (Å²) in [7, 11) is -2.72. The van der Waals surface area contributed by atoms with Crippen molar-refractivity contribution in [3.8, 4) is 5.75 Å². The van der Waals surface area contributed by atoms with E-state index in [0.29, 0.717) is 16.4 Å². The first-order valence-corrected chi connectivity index (χ1v) is 12.6. The van der Waals surface area contributed by atoms with Gasteiger partial charge in [-0.15, -0.1) is 5.11 Å². The zero-order valence-corrected chi connectivity index (χ0v) is 21.6. The summed E-state index contributed by atoms with van der Waals surface area (Å²) in [6.07, 6.45) is 0. The third kappa shape index (κ3) is 6.81. The van der Waals surface area contributed by atoms with Crippen LogP contribution in [-0.2, 0) is 14.8 Å². The van der Waals surface area contributed by atoms with Crippen LogP contribution < -0.4 is 14.8 Å². The summed E-state index contributed by atoms with van der Waals surface area (Å²) < 4.78 is 34.5. The van der Waals surface area contributed by atoms with Crippen molar-refractivity contribution >= 4 is 60.5 Å². The van der Waals surface area contributed by atoms with Crippen molar-refractivity contribution in [3.63, 3.8) is 0 Å². The Morgan fingerprint density at radius 1 is 1.09 bits per heavy atom. The number of halogens is 2. The number of anilines is 2. The molecular formula is C23H20BrClN4O5S. The summed E-state index contributed by atoms with van der Waals surface area (Å²) in [6.45, 7) is 1.27. The number of aliphatic hydroxyl groups is 1. The van der Waals surface area contributed by atoms with Crippen LogP contribution in [0.5, 0.6) is 5.75 Å². The molecule has 0 heterocycles. The summed E-state index contributed by atoms with van der Waals surface area (Å²) in [5.41, 5.74) is 0.397. The molecule has 1 amide bonds. The molecule has 182 valence electrons. The van der Waals surface area contributed by atoms with E-state index in [0.717, 1.165) is 4.47 Å². The first-order valence-electron chi connectivity index (χ1n) is 9.94. The molecule has 12 heteroatoms. The largest absolute Gasteiger partial charge is 0.510 e. The third-order valence-corrected chi connectivity index (χ3v) is 6.74. The van der Waals surface area contributed by atoms with Crippen LogP contribution in [0.2, 0.25) is 5.02 Å². The minimum absolute atomic E-state index is 0.0825. The van der Waals surface area contributed by atoms with Gasteiger partial charge in [0.05, 0.1) is 23.5 Å². The van der Waals surface area contributed by atoms with E-state index in [4.69, 9.17) is 16.3 Å². The predicted molar refractivity (Wildman–Crippen MR) is 138 cm³/mol. The van der Waals surface area contributed by atoms with Crippen LogP contribution in [0, 0.1) is 0 Å². The number of hydrogen-bond acceptors (Lipinski definition) is 7. The summed E-state index contributed by atoms with van der Waals surface area (Å²) in [5.74, 6) is -1.06. The molecule has 0 spiro atoms. The topological polar surface area (TPSA) is 129 Å². The minimum Gasteiger partial charge on any atom is -0.510 e. The van der Waals surface area contributed by atoms with Crippen molar-refractivity contribution in [2.75, 3.05) is 17.1 Å². The summed E-state index contributed by atoms with van der Waals surface area (Å²) in [6, 6.07) is 17.2. The van der Waals surface area contributed by atoms with Gasteiger partial charge in [-0.05, 0) is 61.5 Å². The Kier molecular flexibility index (Phi) is 8.49. The van der Waals surface area contributed by atoms with Gasteiger partial charge in [0.25, 0.3) is 15.9 Å². The molecule has 0 aliphatic carbocycles. The summed E-state index contributed by atoms with van der Waals surface area (Å²) >= 11 is 9.35. The molecule has 0 aliphatic rings. The zero-order chi connectivity index (χ0) is 25.6. The number of carbonyl (C=O) groups is 1. The number of allylic oxidation sites excluding steroid dienone is 1. The average Bonchev–Trinajstić information content (AvgIpc) is 2.81. The van der Waals surface area contributed by atoms with E-state index in [-0.39, 0.29) is 22.0 Å². The highest BCUT2D eigenvalue weighted by atomic mass is 79.9. The average molecular weight is 580 g/mol. The number of methoxy groups -OCH3 is 1. The number of benzene rings is 3. The van der Waals surface area contributed by atoms with Crippen LogP contribution in [0.4, 0.5) is 17.1 Å². The van der Waals surface area contributed by atoms with Crippen molar-refractivity contribution in [2.45, 2.75) is 11.8 Å². The molecular weight excluding hydrogens is 560 g/mol. The zero-order valence-electron chi connectivity index (χ0n) is 18.5. The lowest BCUT2D eigenvalue weighted by molar-refractivity contribution is -0.113. The van der Waals surface area contributed by atoms with E-state index in [1.807, 2.05) is 0 Å². The maximum absolute atomic E-state index is 13.0. The van der Waals surface area contributed by atoms with Gasteiger partial charge in [0.2, 0.25) is 0 Å². The number of sulfonamides is 1. The van der Waals surface area contributed by atoms with E-state index >= 15 is 0 Å². The number of azo groups is 1. The van der Waals surface area contributed by atoms with Crippen LogP contribution >= 0.6 is 27.5 Å². The Labute approximate surface area is 215 Å². The fraction of sp³-hybridized carbons (Fsp3) is 0.0870. The molecule has 0 saturated carbocycles. The molecule has 0 atom stereocenters. The Morgan fingerprint density at radius 3 is 2.40 bits per heavy atom. The van der Waals surface area contributed by atoms with Gasteiger partial charge >= 0.3 is 0 Å². The molecule has 3 aromatic rings. The van der Waals surface area contributed by atoms with Crippen LogP contribution in [0.25, 0.3) is 0 Å². The quantitative estimate of drug-likeness (QED) is 0.161. The van der Waals surface area contributed by atoms with E-state index < -0.39 is 21.7 Å². The minimum atomic E-state index is -4.06. The van der Waals surface area contributed by atoms with Gasteiger partial charge in [0, 0.05) is 10.2 Å². The van der Waals surface area contributed by atoms with Gasteiger partial charge in [-0.1, -0.05) is 39.7 Å². The molecule has 0 aromatic heterocycles. The highest BCUT2D eigenvalue weighted by Gasteiger charge is 2.21. The lowest BCUT2D eigenvalue weighted by Gasteiger charge is -2.12. The highest BCUT2D eigenvalue weighted by molar-refractivity contribution is 9.10. The number of carbonyl (C=O) groups excluding carboxylic acids is 1. The molecule has 3 N–H and O–H groups in total. The second-order valence-corrected chi connectivity index (χ2v) is 9.99. The van der Waals surface area contributed by atoms with E-state index in [1.165, 1.54) is 32.2 Å². The lowest BCUT2D eigenvalue weighted by Crippen LogP contribution is -2.15. The molecule has 3 aromatic carbocycles. The normalized spacial score (nSPS) is 12.2. The van der Waals surface area contributed by atoms with Gasteiger partial charge in [0.1, 0.15) is 16.4 Å². The third-order valence-electron chi connectivity index (χ3n) is 4.48. The number of ether oxygens (including phenoxy) is 1. The summed E-state index contributed by atoms with van der Waals surface area (Å²) in [5, 5.41) is 20.6. The van der Waals surface area contributed by atoms with Gasteiger partial charge in [0.15, 0.2) is 5.70 Å². The molecule has 0 saturated heterocycles. The van der Waals surface area contributed by atoms with Gasteiger partial charge in [-0.3, -0.25) is 9.52 Å². The van der Waals surface area contributed by atoms with Crippen LogP contribution in [-0.4, -0.2) is 26.5 Å². The van der Waals surface area contributed by atoms with Gasteiger partial charge in [-0.2, -0.15) is 5.11 Å². The van der Waals surface area contributed by atoms with E-state index in [9.17, 15) is 18.3 Å². The highest BCUT2D eigenvalue weighted by Crippen LogP contribution is 2.31. The number of hydrogen-bond donors (Lipinski definition) is 3. The number of amides is 1. The smallest absolute Gasteiger partial charge is 0.279 e. The molecule has 35 heavy (non-hydrogen) atoms. The fourth-order valence-electron chi connectivity index (χ4n) is 2.80. The number of nitrogens with one attached hydrogen (secondary N) is 2. The van der Waals surface area contributed by atoms with Gasteiger partial charge < -0.3 is 15.2 Å². The second-order valence-electron chi connectivity index (χ2n) is 7.02. The van der Waals surface area contributed by atoms with Crippen LogP contribution in [0.3, 0.4) is 0 Å². The SMILES string of the molecule is COc1ccc(N=N/C(C(=O)Nc2ccccc2Cl)=C(/C)O)cc1S(=O)(=O)Nc1ccc(Br)cc1. The van der Waals surface area contributed by atoms with Crippen molar-refractivity contribution in [2.24, 2.45) is 10.2 Å². The maximum atomic E-state index is 13.0. The van der Waals surface area contributed by atoms with Crippen LogP contribution in [0.15, 0.2) is 97.8 Å². The lowest BCUT2D eigenvalue weighted by atomic mass is 10.3. The molecule has 9 nitrogen and oxygen atoms in total. The monoisotopic (exact) mass is 578 g/mol. The fourth-order valence-corrected chi connectivity index (χ4v) is 4.50. The molecule has 0 aliphatic heterocycles. The maximum Gasteiger partial charge on any atom is 0.279 e. The Balaban J connectivity index is 1.89. The molecule has 0 fully saturated rings. The number of para-hydroxylation sites is 1. The van der Waals surface area contributed by atoms with Crippen molar-refractivity contribution in [1.29, 1.82) is 0 Å². The molecule has 0 radical (unpaired) electrons. The molecule has 3 rings (SSSR count). The Morgan fingerprint density at radius 2 is 1.77 bits per heavy atom. The van der Waals surface area contributed by atoms with Crippen molar-refractivity contribution in [3.05, 3.63) is 87.7 Å².